The second kappa shape index (κ2) is 15.7. The molecule has 0 fully saturated rings. The van der Waals surface area contributed by atoms with Gasteiger partial charge in [-0.1, -0.05) is 59.8 Å². The van der Waals surface area contributed by atoms with Crippen molar-refractivity contribution in [1.82, 2.24) is 15.6 Å². The molecule has 0 radical (unpaired) electrons. The number of carbonyl (C=O) groups excluding carboxylic acids is 2. The van der Waals surface area contributed by atoms with Crippen LogP contribution in [-0.2, 0) is 4.79 Å². The summed E-state index contributed by atoms with van der Waals surface area (Å²) in [6.07, 6.45) is 8.51. The summed E-state index contributed by atoms with van der Waals surface area (Å²) in [6.45, 7) is 8.88. The van der Waals surface area contributed by atoms with Gasteiger partial charge in [-0.3, -0.25) is 9.59 Å². The molecule has 4 N–H and O–H groups in total. The molecule has 5 atom stereocenters. The second-order valence-corrected chi connectivity index (χ2v) is 10.4. The molecular weight excluding hydrogens is 456 g/mol. The van der Waals surface area contributed by atoms with Crippen LogP contribution in [0.5, 0.6) is 5.88 Å². The molecule has 1 aliphatic heterocycles. The van der Waals surface area contributed by atoms with Crippen LogP contribution in [0.4, 0.5) is 5.82 Å². The molecule has 204 valence electrons. The summed E-state index contributed by atoms with van der Waals surface area (Å²) in [5, 5.41) is 20.6. The number of nitrogens with zero attached hydrogens (tertiary/aromatic N) is 1. The van der Waals surface area contributed by atoms with Crippen molar-refractivity contribution >= 4 is 17.6 Å². The van der Waals surface area contributed by atoms with Gasteiger partial charge in [0, 0.05) is 30.1 Å². The fraction of sp³-hybridized carbons (Fsp3) is 0.750. The average Bonchev–Trinajstić information content (AvgIpc) is 2.86. The molecule has 8 heteroatoms. The van der Waals surface area contributed by atoms with Crippen LogP contribution in [0.25, 0.3) is 0 Å². The summed E-state index contributed by atoms with van der Waals surface area (Å²) in [4.78, 5) is 30.3. The van der Waals surface area contributed by atoms with Crippen molar-refractivity contribution in [1.29, 1.82) is 0 Å². The van der Waals surface area contributed by atoms with Crippen LogP contribution in [0.1, 0.15) is 102 Å². The Morgan fingerprint density at radius 2 is 1.97 bits per heavy atom. The zero-order valence-electron chi connectivity index (χ0n) is 22.9. The molecule has 0 aromatic carbocycles. The number of ether oxygens (including phenoxy) is 1. The standard InChI is InChI=1S/C28H48N4O4/c1-6-8-14-29-27(34)20(4)16-24(33)23-15-19(3)12-10-9-11-13-22(7-2)30-25-17-21(28(35)31-23)18-26(32-25)36-5/h17-20,22-24,33H,6-16H2,1-5H3,(H,29,34)(H,30,32)(H,31,35)/t19-,20?,22?,23+,24?/m1/s1. The van der Waals surface area contributed by atoms with Gasteiger partial charge < -0.3 is 25.8 Å². The fourth-order valence-electron chi connectivity index (χ4n) is 4.77. The normalized spacial score (nSPS) is 23.3. The number of aromatic nitrogens is 1. The lowest BCUT2D eigenvalue weighted by Gasteiger charge is -2.28. The highest BCUT2D eigenvalue weighted by Gasteiger charge is 2.28. The highest BCUT2D eigenvalue weighted by Crippen LogP contribution is 2.24. The molecule has 0 spiro atoms. The van der Waals surface area contributed by atoms with Crippen molar-refractivity contribution in [3.05, 3.63) is 17.7 Å². The average molecular weight is 505 g/mol. The van der Waals surface area contributed by atoms with Gasteiger partial charge in [-0.15, -0.1) is 0 Å². The monoisotopic (exact) mass is 504 g/mol. The van der Waals surface area contributed by atoms with Crippen molar-refractivity contribution in [2.24, 2.45) is 11.8 Å². The SMILES string of the molecule is CCCCNC(=O)C(C)CC(O)[C@@H]1C[C@H](C)CCCCCC(CC)Nc2cc(cc(OC)n2)C(=O)N1. The van der Waals surface area contributed by atoms with E-state index in [2.05, 4.69) is 41.7 Å². The number of hydrogen-bond donors (Lipinski definition) is 4. The van der Waals surface area contributed by atoms with Crippen LogP contribution >= 0.6 is 0 Å². The molecule has 1 aliphatic rings. The molecule has 3 unspecified atom stereocenters. The summed E-state index contributed by atoms with van der Waals surface area (Å²) in [5.74, 6) is 0.642. The van der Waals surface area contributed by atoms with Crippen LogP contribution in [0.3, 0.4) is 0 Å². The van der Waals surface area contributed by atoms with E-state index in [0.717, 1.165) is 51.4 Å². The molecule has 0 aliphatic carbocycles. The maximum absolute atomic E-state index is 13.3. The summed E-state index contributed by atoms with van der Waals surface area (Å²) >= 11 is 0. The van der Waals surface area contributed by atoms with Gasteiger partial charge in [-0.2, -0.15) is 4.98 Å². The maximum atomic E-state index is 13.3. The predicted octanol–water partition coefficient (Wildman–Crippen LogP) is 4.67. The van der Waals surface area contributed by atoms with E-state index >= 15 is 0 Å². The summed E-state index contributed by atoms with van der Waals surface area (Å²) in [5.41, 5.74) is 0.435. The van der Waals surface area contributed by atoms with E-state index in [9.17, 15) is 14.7 Å². The molecular formula is C28H48N4O4. The quantitative estimate of drug-likeness (QED) is 0.364. The number of rotatable bonds is 9. The molecule has 1 aromatic rings. The van der Waals surface area contributed by atoms with Gasteiger partial charge in [-0.25, -0.2) is 0 Å². The summed E-state index contributed by atoms with van der Waals surface area (Å²) in [6, 6.07) is 3.19. The Kier molecular flexibility index (Phi) is 13.0. The molecule has 2 amide bonds. The minimum absolute atomic E-state index is 0.0564. The van der Waals surface area contributed by atoms with Crippen molar-refractivity contribution < 1.29 is 19.4 Å². The first kappa shape index (κ1) is 29.9. The third-order valence-electron chi connectivity index (χ3n) is 7.18. The third kappa shape index (κ3) is 9.96. The number of carbonyl (C=O) groups is 2. The lowest BCUT2D eigenvalue weighted by Crippen LogP contribution is -2.46. The van der Waals surface area contributed by atoms with E-state index in [1.54, 1.807) is 12.1 Å². The van der Waals surface area contributed by atoms with Crippen LogP contribution in [0, 0.1) is 11.8 Å². The summed E-state index contributed by atoms with van der Waals surface area (Å²) in [7, 11) is 1.54. The molecule has 36 heavy (non-hydrogen) atoms. The topological polar surface area (TPSA) is 113 Å². The van der Waals surface area contributed by atoms with E-state index in [0.29, 0.717) is 42.6 Å². The van der Waals surface area contributed by atoms with E-state index in [1.807, 2.05) is 6.92 Å². The Hall–Kier alpha value is -2.35. The van der Waals surface area contributed by atoms with Gasteiger partial charge in [0.15, 0.2) is 0 Å². The van der Waals surface area contributed by atoms with Crippen LogP contribution in [-0.4, -0.2) is 53.7 Å². The first-order valence-electron chi connectivity index (χ1n) is 13.9. The molecule has 0 saturated carbocycles. The number of anilines is 1. The Morgan fingerprint density at radius 3 is 2.67 bits per heavy atom. The Balaban J connectivity index is 2.23. The van der Waals surface area contributed by atoms with Gasteiger partial charge in [0.2, 0.25) is 11.8 Å². The maximum Gasteiger partial charge on any atom is 0.251 e. The number of fused-ring (bicyclic) bond motifs is 2. The molecule has 2 bridgehead atoms. The minimum atomic E-state index is -0.829. The zero-order chi connectivity index (χ0) is 26.5. The predicted molar refractivity (Wildman–Crippen MR) is 144 cm³/mol. The van der Waals surface area contributed by atoms with Crippen molar-refractivity contribution in [3.63, 3.8) is 0 Å². The molecule has 2 rings (SSSR count). The van der Waals surface area contributed by atoms with Crippen molar-refractivity contribution in [2.45, 2.75) is 110 Å². The molecule has 8 nitrogen and oxygen atoms in total. The smallest absolute Gasteiger partial charge is 0.251 e. The number of amides is 2. The zero-order valence-corrected chi connectivity index (χ0v) is 22.9. The van der Waals surface area contributed by atoms with Gasteiger partial charge in [0.1, 0.15) is 5.82 Å². The van der Waals surface area contributed by atoms with Crippen molar-refractivity contribution in [3.8, 4) is 5.88 Å². The highest BCUT2D eigenvalue weighted by molar-refractivity contribution is 5.95. The first-order valence-corrected chi connectivity index (χ1v) is 13.9. The van der Waals surface area contributed by atoms with E-state index < -0.39 is 12.1 Å². The minimum Gasteiger partial charge on any atom is -0.481 e. The number of aliphatic hydroxyl groups is 1. The van der Waals surface area contributed by atoms with Crippen LogP contribution in [0.15, 0.2) is 12.1 Å². The number of hydrogen-bond acceptors (Lipinski definition) is 6. The number of aliphatic hydroxyl groups excluding tert-OH is 1. The number of methoxy groups -OCH3 is 1. The lowest BCUT2D eigenvalue weighted by atomic mass is 9.89. The Labute approximate surface area is 217 Å². The molecule has 0 saturated heterocycles. The number of nitrogens with one attached hydrogen (secondary N) is 3. The van der Waals surface area contributed by atoms with Crippen LogP contribution in [0.2, 0.25) is 0 Å². The van der Waals surface area contributed by atoms with Gasteiger partial charge >= 0.3 is 0 Å². The van der Waals surface area contributed by atoms with Crippen LogP contribution < -0.4 is 20.7 Å². The van der Waals surface area contributed by atoms with Gasteiger partial charge in [0.25, 0.3) is 5.91 Å². The number of unbranched alkanes of at least 4 members (excludes halogenated alkanes) is 1. The lowest BCUT2D eigenvalue weighted by molar-refractivity contribution is -0.125. The van der Waals surface area contributed by atoms with Gasteiger partial charge in [-0.05, 0) is 44.1 Å². The van der Waals surface area contributed by atoms with E-state index in [1.165, 1.54) is 7.11 Å². The van der Waals surface area contributed by atoms with E-state index in [-0.39, 0.29) is 23.8 Å². The van der Waals surface area contributed by atoms with Crippen molar-refractivity contribution in [2.75, 3.05) is 19.0 Å². The number of pyridine rings is 1. The first-order chi connectivity index (χ1) is 17.3. The van der Waals surface area contributed by atoms with Gasteiger partial charge in [0.05, 0.1) is 19.3 Å². The van der Waals surface area contributed by atoms with E-state index in [4.69, 9.17) is 4.74 Å². The Morgan fingerprint density at radius 1 is 1.22 bits per heavy atom. The summed E-state index contributed by atoms with van der Waals surface area (Å²) < 4.78 is 5.36. The molecule has 2 heterocycles. The fourth-order valence-corrected chi connectivity index (χ4v) is 4.77. The largest absolute Gasteiger partial charge is 0.481 e. The third-order valence-corrected chi connectivity index (χ3v) is 7.18. The second-order valence-electron chi connectivity index (χ2n) is 10.4. The Bertz CT molecular complexity index is 819. The molecule has 1 aromatic heterocycles. The highest BCUT2D eigenvalue weighted by atomic mass is 16.5.